The number of thiazole rings is 1. The van der Waals surface area contributed by atoms with Crippen molar-refractivity contribution in [3.8, 4) is 0 Å². The van der Waals surface area contributed by atoms with Crippen LogP contribution in [0.25, 0.3) is 10.2 Å². The van der Waals surface area contributed by atoms with Crippen molar-refractivity contribution in [1.29, 1.82) is 0 Å². The molecule has 0 saturated carbocycles. The summed E-state index contributed by atoms with van der Waals surface area (Å²) in [6.07, 6.45) is 1.33. The normalized spacial score (nSPS) is 11.6. The molecule has 0 bridgehead atoms. The minimum Gasteiger partial charge on any atom is -0.283 e. The van der Waals surface area contributed by atoms with Crippen molar-refractivity contribution in [3.63, 3.8) is 0 Å². The van der Waals surface area contributed by atoms with Gasteiger partial charge in [-0.15, -0.1) is 0 Å². The van der Waals surface area contributed by atoms with Gasteiger partial charge in [0.2, 0.25) is 5.91 Å². The van der Waals surface area contributed by atoms with Crippen LogP contribution in [0.5, 0.6) is 0 Å². The molecule has 0 aliphatic carbocycles. The standard InChI is InChI=1S/C25H24N2O3S2/c1-17-9-10-18(2)24-23(17)26-25(31-24)27(16-20-7-5-4-6-8-20)22(28)15-19-11-13-21(14-12-19)32(3,29)30/h4-14H,15-16H2,1-3H3. The van der Waals surface area contributed by atoms with Crippen molar-refractivity contribution >= 4 is 42.4 Å². The second-order valence-electron chi connectivity index (χ2n) is 7.93. The molecule has 0 aliphatic rings. The average Bonchev–Trinajstić information content (AvgIpc) is 3.21. The van der Waals surface area contributed by atoms with Crippen LogP contribution in [0.2, 0.25) is 0 Å². The largest absolute Gasteiger partial charge is 0.283 e. The van der Waals surface area contributed by atoms with Gasteiger partial charge in [0.05, 0.1) is 28.1 Å². The zero-order chi connectivity index (χ0) is 22.9. The Labute approximate surface area is 192 Å². The molecule has 32 heavy (non-hydrogen) atoms. The van der Waals surface area contributed by atoms with E-state index in [0.29, 0.717) is 11.7 Å². The number of aromatic nitrogens is 1. The Morgan fingerprint density at radius 2 is 1.56 bits per heavy atom. The molecule has 164 valence electrons. The van der Waals surface area contributed by atoms with Crippen LogP contribution in [-0.2, 0) is 27.6 Å². The van der Waals surface area contributed by atoms with E-state index in [1.807, 2.05) is 43.3 Å². The molecule has 0 unspecified atom stereocenters. The fraction of sp³-hybridized carbons (Fsp3) is 0.200. The Kier molecular flexibility index (Phi) is 6.13. The van der Waals surface area contributed by atoms with Crippen molar-refractivity contribution in [1.82, 2.24) is 4.98 Å². The molecule has 0 atom stereocenters. The highest BCUT2D eigenvalue weighted by Crippen LogP contribution is 2.34. The van der Waals surface area contributed by atoms with Gasteiger partial charge in [0, 0.05) is 6.26 Å². The molecule has 7 heteroatoms. The van der Waals surface area contributed by atoms with Crippen LogP contribution >= 0.6 is 11.3 Å². The number of sulfone groups is 1. The zero-order valence-corrected chi connectivity index (χ0v) is 19.8. The Hall–Kier alpha value is -3.03. The van der Waals surface area contributed by atoms with Crippen molar-refractivity contribution < 1.29 is 13.2 Å². The van der Waals surface area contributed by atoms with Crippen molar-refractivity contribution in [2.45, 2.75) is 31.7 Å². The van der Waals surface area contributed by atoms with Gasteiger partial charge in [0.1, 0.15) is 0 Å². The summed E-state index contributed by atoms with van der Waals surface area (Å²) in [4.78, 5) is 20.2. The van der Waals surface area contributed by atoms with Crippen LogP contribution in [0.15, 0.2) is 71.6 Å². The summed E-state index contributed by atoms with van der Waals surface area (Å²) < 4.78 is 24.5. The summed E-state index contributed by atoms with van der Waals surface area (Å²) in [5, 5.41) is 0.666. The Morgan fingerprint density at radius 3 is 2.19 bits per heavy atom. The molecule has 4 rings (SSSR count). The van der Waals surface area contributed by atoms with Crippen LogP contribution in [0.3, 0.4) is 0 Å². The van der Waals surface area contributed by atoms with E-state index in [9.17, 15) is 13.2 Å². The number of rotatable bonds is 6. The van der Waals surface area contributed by atoms with Gasteiger partial charge in [0.15, 0.2) is 15.0 Å². The van der Waals surface area contributed by atoms with Gasteiger partial charge in [-0.25, -0.2) is 13.4 Å². The first-order valence-electron chi connectivity index (χ1n) is 10.2. The number of amides is 1. The van der Waals surface area contributed by atoms with Crippen LogP contribution in [-0.4, -0.2) is 25.6 Å². The number of carbonyl (C=O) groups is 1. The molecule has 1 heterocycles. The van der Waals surface area contributed by atoms with Gasteiger partial charge in [-0.1, -0.05) is 65.9 Å². The third-order valence-corrected chi connectivity index (χ3v) is 7.70. The number of benzene rings is 3. The molecule has 5 nitrogen and oxygen atoms in total. The lowest BCUT2D eigenvalue weighted by atomic mass is 10.1. The number of hydrogen-bond acceptors (Lipinski definition) is 5. The number of anilines is 1. The van der Waals surface area contributed by atoms with E-state index >= 15 is 0 Å². The highest BCUT2D eigenvalue weighted by molar-refractivity contribution is 7.90. The minimum atomic E-state index is -3.27. The molecular formula is C25H24N2O3S2. The first kappa shape index (κ1) is 22.2. The Morgan fingerprint density at radius 1 is 0.906 bits per heavy atom. The molecule has 4 aromatic rings. The van der Waals surface area contributed by atoms with E-state index < -0.39 is 9.84 Å². The molecule has 1 aromatic heterocycles. The number of carbonyl (C=O) groups excluding carboxylic acids is 1. The fourth-order valence-electron chi connectivity index (χ4n) is 3.52. The maximum Gasteiger partial charge on any atom is 0.233 e. The van der Waals surface area contributed by atoms with E-state index in [1.165, 1.54) is 17.6 Å². The van der Waals surface area contributed by atoms with E-state index in [-0.39, 0.29) is 17.2 Å². The lowest BCUT2D eigenvalue weighted by molar-refractivity contribution is -0.118. The maximum atomic E-state index is 13.4. The SMILES string of the molecule is Cc1ccc(C)c2sc(N(Cc3ccccc3)C(=O)Cc3ccc(S(C)(=O)=O)cc3)nc12. The quantitative estimate of drug-likeness (QED) is 0.398. The van der Waals surface area contributed by atoms with Crippen molar-refractivity contribution in [2.24, 2.45) is 0 Å². The molecule has 0 N–H and O–H groups in total. The predicted octanol–water partition coefficient (Wildman–Crippen LogP) is 5.09. The zero-order valence-electron chi connectivity index (χ0n) is 18.2. The van der Waals surface area contributed by atoms with Crippen LogP contribution in [0, 0.1) is 13.8 Å². The molecule has 0 fully saturated rings. The smallest absolute Gasteiger partial charge is 0.233 e. The van der Waals surface area contributed by atoms with Gasteiger partial charge in [0.25, 0.3) is 0 Å². The van der Waals surface area contributed by atoms with Crippen molar-refractivity contribution in [2.75, 3.05) is 11.2 Å². The van der Waals surface area contributed by atoms with Gasteiger partial charge in [-0.05, 0) is 48.2 Å². The molecule has 3 aromatic carbocycles. The molecular weight excluding hydrogens is 440 g/mol. The molecule has 0 aliphatic heterocycles. The lowest BCUT2D eigenvalue weighted by Crippen LogP contribution is -2.31. The van der Waals surface area contributed by atoms with Gasteiger partial charge in [-0.3, -0.25) is 9.69 Å². The van der Waals surface area contributed by atoms with Gasteiger partial charge < -0.3 is 0 Å². The van der Waals surface area contributed by atoms with Crippen molar-refractivity contribution in [3.05, 3.63) is 89.0 Å². The second-order valence-corrected chi connectivity index (χ2v) is 10.9. The summed E-state index contributed by atoms with van der Waals surface area (Å²) in [5.41, 5.74) is 4.91. The average molecular weight is 465 g/mol. The summed E-state index contributed by atoms with van der Waals surface area (Å²) in [6.45, 7) is 4.49. The number of aryl methyl sites for hydroxylation is 2. The second kappa shape index (κ2) is 8.84. The number of hydrogen-bond donors (Lipinski definition) is 0. The monoisotopic (exact) mass is 464 g/mol. The number of fused-ring (bicyclic) bond motifs is 1. The summed E-state index contributed by atoms with van der Waals surface area (Å²) in [5.74, 6) is -0.0877. The first-order chi connectivity index (χ1) is 15.2. The van der Waals surface area contributed by atoms with Gasteiger partial charge >= 0.3 is 0 Å². The first-order valence-corrected chi connectivity index (χ1v) is 12.9. The van der Waals surface area contributed by atoms with Gasteiger partial charge in [-0.2, -0.15) is 0 Å². The van der Waals surface area contributed by atoms with Crippen LogP contribution in [0.4, 0.5) is 5.13 Å². The van der Waals surface area contributed by atoms with E-state index in [0.717, 1.165) is 32.5 Å². The molecule has 1 amide bonds. The Bertz CT molecular complexity index is 1340. The fourth-order valence-corrected chi connectivity index (χ4v) is 5.28. The number of nitrogens with zero attached hydrogens (tertiary/aromatic N) is 2. The molecule has 0 spiro atoms. The van der Waals surface area contributed by atoms with Crippen LogP contribution < -0.4 is 4.90 Å². The summed E-state index contributed by atoms with van der Waals surface area (Å²) in [7, 11) is -3.27. The Balaban J connectivity index is 1.69. The summed E-state index contributed by atoms with van der Waals surface area (Å²) in [6, 6.07) is 20.4. The van der Waals surface area contributed by atoms with E-state index in [2.05, 4.69) is 13.0 Å². The lowest BCUT2D eigenvalue weighted by Gasteiger charge is -2.20. The molecule has 0 radical (unpaired) electrons. The molecule has 0 saturated heterocycles. The van der Waals surface area contributed by atoms with E-state index in [1.54, 1.807) is 29.2 Å². The minimum absolute atomic E-state index is 0.0877. The van der Waals surface area contributed by atoms with Crippen LogP contribution in [0.1, 0.15) is 22.3 Å². The highest BCUT2D eigenvalue weighted by atomic mass is 32.2. The summed E-state index contributed by atoms with van der Waals surface area (Å²) >= 11 is 1.52. The highest BCUT2D eigenvalue weighted by Gasteiger charge is 2.22. The maximum absolute atomic E-state index is 13.4. The topological polar surface area (TPSA) is 67.3 Å². The predicted molar refractivity (Wildman–Crippen MR) is 130 cm³/mol. The third kappa shape index (κ3) is 4.74. The third-order valence-electron chi connectivity index (χ3n) is 5.35. The van der Waals surface area contributed by atoms with E-state index in [4.69, 9.17) is 4.98 Å².